The Labute approximate surface area is 103 Å². The Bertz CT molecular complexity index is 458. The number of rotatable bonds is 2. The first-order valence-corrected chi connectivity index (χ1v) is 5.61. The zero-order chi connectivity index (χ0) is 13.3. The van der Waals surface area contributed by atoms with Crippen LogP contribution in [0.4, 0.5) is 20.2 Å². The van der Waals surface area contributed by atoms with Gasteiger partial charge >= 0.3 is 0 Å². The third-order valence-electron chi connectivity index (χ3n) is 2.90. The number of nitro benzene ring substituents is 1. The first kappa shape index (κ1) is 12.7. The van der Waals surface area contributed by atoms with Gasteiger partial charge in [0, 0.05) is 25.7 Å². The van der Waals surface area contributed by atoms with Crippen molar-refractivity contribution in [1.29, 1.82) is 0 Å². The van der Waals surface area contributed by atoms with Gasteiger partial charge in [-0.1, -0.05) is 0 Å². The molecule has 1 aromatic rings. The van der Waals surface area contributed by atoms with Crippen molar-refractivity contribution >= 4 is 11.4 Å². The molecule has 0 amide bonds. The number of benzene rings is 1. The average molecular weight is 257 g/mol. The van der Waals surface area contributed by atoms with Gasteiger partial charge in [0.1, 0.15) is 5.69 Å². The fourth-order valence-electron chi connectivity index (χ4n) is 2.10. The maximum absolute atomic E-state index is 13.8. The molecule has 1 heterocycles. The van der Waals surface area contributed by atoms with Gasteiger partial charge in [-0.3, -0.25) is 10.1 Å². The van der Waals surface area contributed by atoms with E-state index in [1.54, 1.807) is 4.90 Å². The van der Waals surface area contributed by atoms with Crippen LogP contribution in [0.25, 0.3) is 0 Å². The molecule has 1 aromatic carbocycles. The van der Waals surface area contributed by atoms with Gasteiger partial charge in [0.05, 0.1) is 17.1 Å². The maximum Gasteiger partial charge on any atom is 0.275 e. The number of hydrogen-bond acceptors (Lipinski definition) is 4. The molecule has 2 rings (SSSR count). The molecule has 1 fully saturated rings. The smallest absolute Gasteiger partial charge is 0.275 e. The number of non-ortho nitro benzene ring substituents is 1. The lowest BCUT2D eigenvalue weighted by atomic mass is 10.2. The van der Waals surface area contributed by atoms with E-state index >= 15 is 0 Å². The summed E-state index contributed by atoms with van der Waals surface area (Å²) in [7, 11) is 0. The minimum atomic E-state index is -0.893. The SMILES string of the molecule is C[C@H]1CN(c2c(F)cc([N+](=O)[O-])cc2F)CCN1. The van der Waals surface area contributed by atoms with Crippen molar-refractivity contribution in [3.05, 3.63) is 33.9 Å². The lowest BCUT2D eigenvalue weighted by molar-refractivity contribution is -0.385. The third-order valence-corrected chi connectivity index (χ3v) is 2.90. The van der Waals surface area contributed by atoms with Crippen LogP contribution in [-0.2, 0) is 0 Å². The Balaban J connectivity index is 2.36. The number of piperazine rings is 1. The van der Waals surface area contributed by atoms with Crippen LogP contribution in [0, 0.1) is 21.7 Å². The van der Waals surface area contributed by atoms with Crippen LogP contribution in [-0.4, -0.2) is 30.6 Å². The summed E-state index contributed by atoms with van der Waals surface area (Å²) in [6.07, 6.45) is 0. The van der Waals surface area contributed by atoms with Crippen molar-refractivity contribution in [2.24, 2.45) is 0 Å². The molecule has 1 aliphatic rings. The lowest BCUT2D eigenvalue weighted by Gasteiger charge is -2.33. The van der Waals surface area contributed by atoms with Crippen molar-refractivity contribution < 1.29 is 13.7 Å². The van der Waals surface area contributed by atoms with Crippen molar-refractivity contribution in [3.63, 3.8) is 0 Å². The predicted molar refractivity (Wildman–Crippen MR) is 62.7 cm³/mol. The van der Waals surface area contributed by atoms with E-state index in [4.69, 9.17) is 0 Å². The molecule has 18 heavy (non-hydrogen) atoms. The Kier molecular flexibility index (Phi) is 3.42. The summed E-state index contributed by atoms with van der Waals surface area (Å²) < 4.78 is 27.6. The van der Waals surface area contributed by atoms with Crippen LogP contribution >= 0.6 is 0 Å². The number of nitrogens with one attached hydrogen (secondary N) is 1. The van der Waals surface area contributed by atoms with Crippen LogP contribution < -0.4 is 10.2 Å². The summed E-state index contributed by atoms with van der Waals surface area (Å²) in [5.41, 5.74) is -0.758. The molecule has 0 radical (unpaired) electrons. The van der Waals surface area contributed by atoms with Gasteiger partial charge < -0.3 is 10.2 Å². The van der Waals surface area contributed by atoms with Gasteiger partial charge in [-0.2, -0.15) is 0 Å². The minimum Gasteiger partial charge on any atom is -0.364 e. The predicted octanol–water partition coefficient (Wildman–Crippen LogP) is 1.67. The molecular weight excluding hydrogens is 244 g/mol. The first-order valence-electron chi connectivity index (χ1n) is 5.61. The normalized spacial score (nSPS) is 19.9. The largest absolute Gasteiger partial charge is 0.364 e. The van der Waals surface area contributed by atoms with E-state index in [0.717, 1.165) is 12.1 Å². The summed E-state index contributed by atoms with van der Waals surface area (Å²) >= 11 is 0. The second-order valence-corrected chi connectivity index (χ2v) is 4.32. The van der Waals surface area contributed by atoms with Crippen molar-refractivity contribution in [2.75, 3.05) is 24.5 Å². The molecule has 0 aromatic heterocycles. The molecule has 0 aliphatic carbocycles. The minimum absolute atomic E-state index is 0.118. The van der Waals surface area contributed by atoms with E-state index in [-0.39, 0.29) is 11.7 Å². The second kappa shape index (κ2) is 4.85. The zero-order valence-electron chi connectivity index (χ0n) is 9.82. The van der Waals surface area contributed by atoms with E-state index in [0.29, 0.717) is 19.6 Å². The van der Waals surface area contributed by atoms with Crippen LogP contribution in [0.5, 0.6) is 0 Å². The molecule has 7 heteroatoms. The van der Waals surface area contributed by atoms with Gasteiger partial charge in [0.2, 0.25) is 0 Å². The van der Waals surface area contributed by atoms with Crippen molar-refractivity contribution in [3.8, 4) is 0 Å². The maximum atomic E-state index is 13.8. The van der Waals surface area contributed by atoms with E-state index in [1.807, 2.05) is 6.92 Å². The standard InChI is InChI=1S/C11H13F2N3O2/c1-7-6-15(3-2-14-7)11-9(12)4-8(16(17)18)5-10(11)13/h4-5,7,14H,2-3,6H2,1H3/t7-/m0/s1. The quantitative estimate of drug-likeness (QED) is 0.646. The molecule has 0 spiro atoms. The molecule has 98 valence electrons. The van der Waals surface area contributed by atoms with Gasteiger partial charge in [-0.25, -0.2) is 8.78 Å². The summed E-state index contributed by atoms with van der Waals surface area (Å²) in [6.45, 7) is 3.46. The highest BCUT2D eigenvalue weighted by Gasteiger charge is 2.24. The lowest BCUT2D eigenvalue weighted by Crippen LogP contribution is -2.49. The Hall–Kier alpha value is -1.76. The van der Waals surface area contributed by atoms with Gasteiger partial charge in [0.15, 0.2) is 11.6 Å². The third kappa shape index (κ3) is 2.40. The zero-order valence-corrected chi connectivity index (χ0v) is 9.82. The summed E-state index contributed by atoms with van der Waals surface area (Å²) in [4.78, 5) is 11.2. The van der Waals surface area contributed by atoms with Crippen LogP contribution in [0.15, 0.2) is 12.1 Å². The molecule has 1 atom stereocenters. The van der Waals surface area contributed by atoms with Crippen LogP contribution in [0.1, 0.15) is 6.92 Å². The van der Waals surface area contributed by atoms with E-state index in [2.05, 4.69) is 5.32 Å². The number of halogens is 2. The highest BCUT2D eigenvalue weighted by molar-refractivity contribution is 5.54. The van der Waals surface area contributed by atoms with E-state index in [9.17, 15) is 18.9 Å². The van der Waals surface area contributed by atoms with E-state index < -0.39 is 22.2 Å². The molecule has 5 nitrogen and oxygen atoms in total. The molecule has 0 unspecified atom stereocenters. The second-order valence-electron chi connectivity index (χ2n) is 4.32. The molecule has 1 saturated heterocycles. The van der Waals surface area contributed by atoms with Gasteiger partial charge in [0.25, 0.3) is 5.69 Å². The van der Waals surface area contributed by atoms with Crippen LogP contribution in [0.3, 0.4) is 0 Å². The summed E-state index contributed by atoms with van der Waals surface area (Å²) in [5, 5.41) is 13.6. The first-order chi connectivity index (χ1) is 8.49. The highest BCUT2D eigenvalue weighted by atomic mass is 19.1. The average Bonchev–Trinajstić information content (AvgIpc) is 2.27. The number of nitro groups is 1. The fourth-order valence-corrected chi connectivity index (χ4v) is 2.10. The van der Waals surface area contributed by atoms with Gasteiger partial charge in [-0.05, 0) is 6.92 Å². The Morgan fingerprint density at radius 3 is 2.56 bits per heavy atom. The number of anilines is 1. The van der Waals surface area contributed by atoms with Gasteiger partial charge in [-0.15, -0.1) is 0 Å². The van der Waals surface area contributed by atoms with Crippen molar-refractivity contribution in [2.45, 2.75) is 13.0 Å². The summed E-state index contributed by atoms with van der Waals surface area (Å²) in [6, 6.07) is 1.63. The number of nitrogens with zero attached hydrogens (tertiary/aromatic N) is 2. The molecular formula is C11H13F2N3O2. The molecule has 0 saturated carbocycles. The number of hydrogen-bond donors (Lipinski definition) is 1. The fraction of sp³-hybridized carbons (Fsp3) is 0.455. The molecule has 1 N–H and O–H groups in total. The molecule has 1 aliphatic heterocycles. The van der Waals surface area contributed by atoms with Crippen LogP contribution in [0.2, 0.25) is 0 Å². The molecule has 0 bridgehead atoms. The highest BCUT2D eigenvalue weighted by Crippen LogP contribution is 2.28. The Morgan fingerprint density at radius 1 is 1.44 bits per heavy atom. The van der Waals surface area contributed by atoms with E-state index in [1.165, 1.54) is 0 Å². The topological polar surface area (TPSA) is 58.4 Å². The van der Waals surface area contributed by atoms with Crippen molar-refractivity contribution in [1.82, 2.24) is 5.32 Å². The Morgan fingerprint density at radius 2 is 2.06 bits per heavy atom. The summed E-state index contributed by atoms with van der Waals surface area (Å²) in [5.74, 6) is -1.79. The monoisotopic (exact) mass is 257 g/mol.